The molecule has 1 aromatic rings. The first kappa shape index (κ1) is 19.6. The predicted molar refractivity (Wildman–Crippen MR) is 90.8 cm³/mol. The zero-order valence-electron chi connectivity index (χ0n) is 13.2. The molecule has 128 valence electrons. The highest BCUT2D eigenvalue weighted by atomic mass is 35.5. The molecule has 0 amide bonds. The van der Waals surface area contributed by atoms with E-state index in [1.54, 1.807) is 0 Å². The number of nitrogens with zero attached hydrogens (tertiary/aromatic N) is 4. The van der Waals surface area contributed by atoms with Gasteiger partial charge in [0.05, 0.1) is 6.54 Å². The zero-order valence-corrected chi connectivity index (χ0v) is 14.8. The minimum absolute atomic E-state index is 0. The zero-order chi connectivity index (χ0) is 13.8. The van der Waals surface area contributed by atoms with Gasteiger partial charge in [-0.15, -0.1) is 24.8 Å². The normalized spacial score (nSPS) is 21.1. The van der Waals surface area contributed by atoms with E-state index in [0.29, 0.717) is 5.89 Å². The van der Waals surface area contributed by atoms with Gasteiger partial charge in [0.15, 0.2) is 5.82 Å². The average molecular weight is 352 g/mol. The lowest BCUT2D eigenvalue weighted by Crippen LogP contribution is -2.48. The minimum atomic E-state index is 0. The number of rotatable bonds is 4. The Kier molecular flexibility index (Phi) is 8.64. The molecule has 3 heterocycles. The molecule has 0 spiro atoms. The second-order valence-corrected chi connectivity index (χ2v) is 6.00. The Morgan fingerprint density at radius 1 is 1.09 bits per heavy atom. The Labute approximate surface area is 144 Å². The standard InChI is InChI=1S/C14H25N5O.2ClH/c1-12-16-14(17-20-12)11-19-8-6-18(7-9-19)10-13-2-4-15-5-3-13;;/h13,15H,2-11H2,1H3;2*1H. The van der Waals surface area contributed by atoms with Gasteiger partial charge in [-0.25, -0.2) is 0 Å². The molecular formula is C14H27Cl2N5O. The predicted octanol–water partition coefficient (Wildman–Crippen LogP) is 1.34. The molecule has 2 aliphatic rings. The van der Waals surface area contributed by atoms with Crippen molar-refractivity contribution in [3.8, 4) is 0 Å². The fourth-order valence-corrected chi connectivity index (χ4v) is 3.16. The van der Waals surface area contributed by atoms with Gasteiger partial charge in [0, 0.05) is 39.6 Å². The number of hydrogen-bond donors (Lipinski definition) is 1. The maximum absolute atomic E-state index is 5.02. The van der Waals surface area contributed by atoms with Crippen LogP contribution < -0.4 is 5.32 Å². The monoisotopic (exact) mass is 351 g/mol. The van der Waals surface area contributed by atoms with Gasteiger partial charge in [0.1, 0.15) is 0 Å². The number of piperidine rings is 1. The first-order chi connectivity index (χ1) is 9.79. The Balaban J connectivity index is 0.00000121. The maximum atomic E-state index is 5.02. The van der Waals surface area contributed by atoms with Crippen molar-refractivity contribution in [3.63, 3.8) is 0 Å². The summed E-state index contributed by atoms with van der Waals surface area (Å²) >= 11 is 0. The molecule has 6 nitrogen and oxygen atoms in total. The van der Waals surface area contributed by atoms with Crippen LogP contribution in [0.1, 0.15) is 24.6 Å². The lowest BCUT2D eigenvalue weighted by atomic mass is 9.97. The van der Waals surface area contributed by atoms with Crippen molar-refractivity contribution in [2.75, 3.05) is 45.8 Å². The summed E-state index contributed by atoms with van der Waals surface area (Å²) in [6.45, 7) is 10.9. The van der Waals surface area contributed by atoms with E-state index in [4.69, 9.17) is 4.52 Å². The first-order valence-electron chi connectivity index (χ1n) is 7.74. The van der Waals surface area contributed by atoms with Crippen LogP contribution in [0, 0.1) is 12.8 Å². The molecule has 0 radical (unpaired) electrons. The van der Waals surface area contributed by atoms with E-state index in [1.807, 2.05) is 6.92 Å². The maximum Gasteiger partial charge on any atom is 0.223 e. The number of halogens is 2. The fraction of sp³-hybridized carbons (Fsp3) is 0.857. The lowest BCUT2D eigenvalue weighted by molar-refractivity contribution is 0.104. The summed E-state index contributed by atoms with van der Waals surface area (Å²) in [5.41, 5.74) is 0. The fourth-order valence-electron chi connectivity index (χ4n) is 3.16. The molecule has 3 rings (SSSR count). The smallest absolute Gasteiger partial charge is 0.223 e. The molecule has 0 aromatic carbocycles. The second-order valence-electron chi connectivity index (χ2n) is 6.00. The molecular weight excluding hydrogens is 325 g/mol. The topological polar surface area (TPSA) is 57.4 Å². The summed E-state index contributed by atoms with van der Waals surface area (Å²) in [7, 11) is 0. The lowest BCUT2D eigenvalue weighted by Gasteiger charge is -2.36. The number of aromatic nitrogens is 2. The van der Waals surface area contributed by atoms with Crippen molar-refractivity contribution >= 4 is 24.8 Å². The van der Waals surface area contributed by atoms with E-state index in [9.17, 15) is 0 Å². The Hall–Kier alpha value is -0.400. The van der Waals surface area contributed by atoms with Crippen LogP contribution in [-0.4, -0.2) is 65.8 Å². The number of hydrogen-bond acceptors (Lipinski definition) is 6. The highest BCUT2D eigenvalue weighted by molar-refractivity contribution is 5.85. The molecule has 2 aliphatic heterocycles. The van der Waals surface area contributed by atoms with Crippen molar-refractivity contribution in [2.45, 2.75) is 26.3 Å². The molecule has 8 heteroatoms. The molecule has 0 bridgehead atoms. The summed E-state index contributed by atoms with van der Waals surface area (Å²) in [5.74, 6) is 2.36. The van der Waals surface area contributed by atoms with Gasteiger partial charge < -0.3 is 14.7 Å². The molecule has 2 saturated heterocycles. The van der Waals surface area contributed by atoms with Gasteiger partial charge in [-0.2, -0.15) is 4.98 Å². The Morgan fingerprint density at radius 2 is 1.73 bits per heavy atom. The van der Waals surface area contributed by atoms with Crippen molar-refractivity contribution in [1.29, 1.82) is 0 Å². The van der Waals surface area contributed by atoms with Gasteiger partial charge >= 0.3 is 0 Å². The van der Waals surface area contributed by atoms with Crippen molar-refractivity contribution < 1.29 is 4.52 Å². The highest BCUT2D eigenvalue weighted by Gasteiger charge is 2.22. The third-order valence-corrected chi connectivity index (χ3v) is 4.37. The molecule has 1 aromatic heterocycles. The molecule has 0 atom stereocenters. The van der Waals surface area contributed by atoms with Gasteiger partial charge in [0.2, 0.25) is 5.89 Å². The third-order valence-electron chi connectivity index (χ3n) is 4.37. The van der Waals surface area contributed by atoms with Crippen molar-refractivity contribution in [3.05, 3.63) is 11.7 Å². The van der Waals surface area contributed by atoms with E-state index >= 15 is 0 Å². The van der Waals surface area contributed by atoms with E-state index in [2.05, 4.69) is 25.3 Å². The van der Waals surface area contributed by atoms with E-state index < -0.39 is 0 Å². The van der Waals surface area contributed by atoms with Crippen molar-refractivity contribution in [2.24, 2.45) is 5.92 Å². The Bertz CT molecular complexity index is 417. The van der Waals surface area contributed by atoms with E-state index in [-0.39, 0.29) is 24.8 Å². The molecule has 0 saturated carbocycles. The summed E-state index contributed by atoms with van der Waals surface area (Å²) in [5, 5.41) is 7.41. The minimum Gasteiger partial charge on any atom is -0.340 e. The Morgan fingerprint density at radius 3 is 2.32 bits per heavy atom. The number of aryl methyl sites for hydroxylation is 1. The summed E-state index contributed by atoms with van der Waals surface area (Å²) in [4.78, 5) is 9.32. The van der Waals surface area contributed by atoms with E-state index in [1.165, 1.54) is 45.6 Å². The van der Waals surface area contributed by atoms with Crippen LogP contribution in [0.2, 0.25) is 0 Å². The molecule has 2 fully saturated rings. The van der Waals surface area contributed by atoms with Crippen LogP contribution in [0.3, 0.4) is 0 Å². The number of nitrogens with one attached hydrogen (secondary N) is 1. The highest BCUT2D eigenvalue weighted by Crippen LogP contribution is 2.15. The molecule has 1 N–H and O–H groups in total. The summed E-state index contributed by atoms with van der Waals surface area (Å²) in [6.07, 6.45) is 2.67. The van der Waals surface area contributed by atoms with Crippen LogP contribution in [0.25, 0.3) is 0 Å². The van der Waals surface area contributed by atoms with Crippen LogP contribution in [0.15, 0.2) is 4.52 Å². The van der Waals surface area contributed by atoms with Crippen LogP contribution in [-0.2, 0) is 6.54 Å². The largest absolute Gasteiger partial charge is 0.340 e. The SMILES string of the molecule is Cc1nc(CN2CCN(CC3CCNCC3)CC2)no1.Cl.Cl. The molecule has 22 heavy (non-hydrogen) atoms. The molecule has 0 unspecified atom stereocenters. The first-order valence-corrected chi connectivity index (χ1v) is 7.74. The van der Waals surface area contributed by atoms with Crippen molar-refractivity contribution in [1.82, 2.24) is 25.3 Å². The van der Waals surface area contributed by atoms with Crippen LogP contribution in [0.4, 0.5) is 0 Å². The summed E-state index contributed by atoms with van der Waals surface area (Å²) < 4.78 is 5.02. The van der Waals surface area contributed by atoms with Gasteiger partial charge in [0.25, 0.3) is 0 Å². The van der Waals surface area contributed by atoms with Gasteiger partial charge in [-0.05, 0) is 31.8 Å². The van der Waals surface area contributed by atoms with E-state index in [0.717, 1.165) is 31.4 Å². The third kappa shape index (κ3) is 5.66. The van der Waals surface area contributed by atoms with Gasteiger partial charge in [-0.3, -0.25) is 4.90 Å². The van der Waals surface area contributed by atoms with Crippen LogP contribution >= 0.6 is 24.8 Å². The molecule has 0 aliphatic carbocycles. The quantitative estimate of drug-likeness (QED) is 0.883. The number of piperazine rings is 1. The summed E-state index contributed by atoms with van der Waals surface area (Å²) in [6, 6.07) is 0. The van der Waals surface area contributed by atoms with Crippen LogP contribution in [0.5, 0.6) is 0 Å². The van der Waals surface area contributed by atoms with Gasteiger partial charge in [-0.1, -0.05) is 5.16 Å². The second kappa shape index (κ2) is 9.67. The average Bonchev–Trinajstić information content (AvgIpc) is 2.88.